The molecule has 0 saturated heterocycles. The lowest BCUT2D eigenvalue weighted by Crippen LogP contribution is -2.31. The fourth-order valence-electron chi connectivity index (χ4n) is 1.41. The van der Waals surface area contributed by atoms with Gasteiger partial charge in [0.1, 0.15) is 0 Å². The van der Waals surface area contributed by atoms with Gasteiger partial charge in [0.15, 0.2) is 0 Å². The molecule has 0 unspecified atom stereocenters. The van der Waals surface area contributed by atoms with Crippen molar-refractivity contribution in [3.63, 3.8) is 0 Å². The summed E-state index contributed by atoms with van der Waals surface area (Å²) in [5.41, 5.74) is 2.01. The van der Waals surface area contributed by atoms with E-state index in [1.807, 2.05) is 24.6 Å². The number of hydrogen-bond acceptors (Lipinski definition) is 3. The molecule has 0 bridgehead atoms. The second-order valence-corrected chi connectivity index (χ2v) is 3.56. The van der Waals surface area contributed by atoms with E-state index in [1.54, 1.807) is 0 Å². The summed E-state index contributed by atoms with van der Waals surface area (Å²) >= 11 is 0. The van der Waals surface area contributed by atoms with Crippen molar-refractivity contribution in [3.05, 3.63) is 17.5 Å². The monoisotopic (exact) mass is 225 g/mol. The molecule has 2 N–H and O–H groups in total. The van der Waals surface area contributed by atoms with Gasteiger partial charge in [0.25, 0.3) is 0 Å². The average molecular weight is 225 g/mol. The van der Waals surface area contributed by atoms with Crippen LogP contribution >= 0.6 is 0 Å². The summed E-state index contributed by atoms with van der Waals surface area (Å²) in [6.45, 7) is 4.87. The van der Waals surface area contributed by atoms with Gasteiger partial charge in [-0.15, -0.1) is 0 Å². The molecule has 1 heterocycles. The van der Waals surface area contributed by atoms with Crippen molar-refractivity contribution >= 4 is 11.9 Å². The number of nitrogens with one attached hydrogen (secondary N) is 1. The van der Waals surface area contributed by atoms with E-state index >= 15 is 0 Å². The van der Waals surface area contributed by atoms with Gasteiger partial charge < -0.3 is 10.4 Å². The third-order valence-electron chi connectivity index (χ3n) is 2.13. The van der Waals surface area contributed by atoms with Gasteiger partial charge in [0, 0.05) is 18.8 Å². The standard InChI is InChI=1S/C10H15N3O3/c1-7-6-8(2)13(12-7)5-3-4-11-9(14)10(15)16/h6H,3-5H2,1-2H3,(H,11,14)(H,15,16). The van der Waals surface area contributed by atoms with Gasteiger partial charge in [-0.2, -0.15) is 5.10 Å². The summed E-state index contributed by atoms with van der Waals surface area (Å²) in [5.74, 6) is -2.42. The average Bonchev–Trinajstić information content (AvgIpc) is 2.51. The molecule has 6 heteroatoms. The number of nitrogens with zero attached hydrogens (tertiary/aromatic N) is 2. The molecule has 0 spiro atoms. The molecule has 0 saturated carbocycles. The van der Waals surface area contributed by atoms with Crippen LogP contribution in [0.15, 0.2) is 6.07 Å². The fourth-order valence-corrected chi connectivity index (χ4v) is 1.41. The number of rotatable bonds is 4. The molecule has 0 aromatic carbocycles. The Hall–Kier alpha value is -1.85. The maximum atomic E-state index is 10.7. The zero-order valence-corrected chi connectivity index (χ0v) is 9.36. The lowest BCUT2D eigenvalue weighted by atomic mass is 10.4. The minimum atomic E-state index is -1.45. The summed E-state index contributed by atoms with van der Waals surface area (Å²) in [5, 5.41) is 14.9. The summed E-state index contributed by atoms with van der Waals surface area (Å²) < 4.78 is 1.84. The summed E-state index contributed by atoms with van der Waals surface area (Å²) in [6.07, 6.45) is 0.654. The Balaban J connectivity index is 2.29. The minimum absolute atomic E-state index is 0.337. The number of carboxylic acid groups (broad SMARTS) is 1. The molecule has 0 fully saturated rings. The molecular weight excluding hydrogens is 210 g/mol. The highest BCUT2D eigenvalue weighted by Gasteiger charge is 2.09. The molecule has 1 rings (SSSR count). The molecule has 6 nitrogen and oxygen atoms in total. The van der Waals surface area contributed by atoms with Crippen LogP contribution in [0, 0.1) is 13.8 Å². The van der Waals surface area contributed by atoms with Crippen LogP contribution in [0.25, 0.3) is 0 Å². The van der Waals surface area contributed by atoms with Crippen LogP contribution in [0.4, 0.5) is 0 Å². The molecule has 0 aliphatic carbocycles. The fraction of sp³-hybridized carbons (Fsp3) is 0.500. The van der Waals surface area contributed by atoms with Crippen LogP contribution in [0.5, 0.6) is 0 Å². The van der Waals surface area contributed by atoms with Crippen LogP contribution in [0.1, 0.15) is 17.8 Å². The first-order chi connectivity index (χ1) is 7.50. The number of carbonyl (C=O) groups excluding carboxylic acids is 1. The summed E-state index contributed by atoms with van der Waals surface area (Å²) in [6, 6.07) is 1.97. The first-order valence-electron chi connectivity index (χ1n) is 5.03. The van der Waals surface area contributed by atoms with Crippen LogP contribution in [0.2, 0.25) is 0 Å². The molecule has 0 radical (unpaired) electrons. The first kappa shape index (κ1) is 12.2. The van der Waals surface area contributed by atoms with Gasteiger partial charge in [-0.05, 0) is 26.3 Å². The van der Waals surface area contributed by atoms with Crippen molar-refractivity contribution in [2.45, 2.75) is 26.8 Å². The summed E-state index contributed by atoms with van der Waals surface area (Å²) in [4.78, 5) is 20.9. The Bertz CT molecular complexity index is 398. The Morgan fingerprint density at radius 3 is 2.69 bits per heavy atom. The van der Waals surface area contributed by atoms with Crippen molar-refractivity contribution in [2.24, 2.45) is 0 Å². The van der Waals surface area contributed by atoms with E-state index in [0.717, 1.165) is 11.4 Å². The van der Waals surface area contributed by atoms with Gasteiger partial charge in [-0.1, -0.05) is 0 Å². The summed E-state index contributed by atoms with van der Waals surface area (Å²) in [7, 11) is 0. The van der Waals surface area contributed by atoms with E-state index in [1.165, 1.54) is 0 Å². The van der Waals surface area contributed by atoms with Crippen molar-refractivity contribution in [3.8, 4) is 0 Å². The van der Waals surface area contributed by atoms with Crippen LogP contribution in [0.3, 0.4) is 0 Å². The molecule has 88 valence electrons. The Labute approximate surface area is 93.3 Å². The van der Waals surface area contributed by atoms with Crippen molar-refractivity contribution < 1.29 is 14.7 Å². The predicted molar refractivity (Wildman–Crippen MR) is 57.0 cm³/mol. The van der Waals surface area contributed by atoms with Crippen LogP contribution in [-0.2, 0) is 16.1 Å². The third-order valence-corrected chi connectivity index (χ3v) is 2.13. The predicted octanol–water partition coefficient (Wildman–Crippen LogP) is 0.0908. The molecule has 0 atom stereocenters. The number of carboxylic acids is 1. The number of aryl methyl sites for hydroxylation is 3. The second-order valence-electron chi connectivity index (χ2n) is 3.56. The van der Waals surface area contributed by atoms with E-state index in [-0.39, 0.29) is 0 Å². The van der Waals surface area contributed by atoms with Gasteiger partial charge >= 0.3 is 11.9 Å². The molecule has 0 aliphatic rings. The van der Waals surface area contributed by atoms with E-state index in [9.17, 15) is 9.59 Å². The molecule has 0 aliphatic heterocycles. The highest BCUT2D eigenvalue weighted by molar-refractivity contribution is 6.31. The Morgan fingerprint density at radius 1 is 1.50 bits per heavy atom. The van der Waals surface area contributed by atoms with E-state index in [4.69, 9.17) is 5.11 Å². The zero-order chi connectivity index (χ0) is 12.1. The van der Waals surface area contributed by atoms with Crippen molar-refractivity contribution in [1.29, 1.82) is 0 Å². The normalized spacial score (nSPS) is 10.1. The number of amides is 1. The maximum Gasteiger partial charge on any atom is 0.394 e. The lowest BCUT2D eigenvalue weighted by Gasteiger charge is -2.04. The molecule has 1 amide bonds. The quantitative estimate of drug-likeness (QED) is 0.562. The Kier molecular flexibility index (Phi) is 4.04. The number of carbonyl (C=O) groups is 2. The number of hydrogen-bond donors (Lipinski definition) is 2. The second kappa shape index (κ2) is 5.29. The van der Waals surface area contributed by atoms with E-state index < -0.39 is 11.9 Å². The SMILES string of the molecule is Cc1cc(C)n(CCCNC(=O)C(=O)O)n1. The topological polar surface area (TPSA) is 84.2 Å². The van der Waals surface area contributed by atoms with Crippen LogP contribution < -0.4 is 5.32 Å². The van der Waals surface area contributed by atoms with Crippen LogP contribution in [-0.4, -0.2) is 33.3 Å². The lowest BCUT2D eigenvalue weighted by molar-refractivity contribution is -0.150. The highest BCUT2D eigenvalue weighted by Crippen LogP contribution is 2.01. The van der Waals surface area contributed by atoms with E-state index in [2.05, 4.69) is 10.4 Å². The largest absolute Gasteiger partial charge is 0.474 e. The zero-order valence-electron chi connectivity index (χ0n) is 9.36. The molecule has 16 heavy (non-hydrogen) atoms. The van der Waals surface area contributed by atoms with Gasteiger partial charge in [0.05, 0.1) is 5.69 Å². The molecule has 1 aromatic rings. The smallest absolute Gasteiger partial charge is 0.394 e. The van der Waals surface area contributed by atoms with Gasteiger partial charge in [-0.3, -0.25) is 9.48 Å². The molecule has 1 aromatic heterocycles. The number of aliphatic carboxylic acids is 1. The maximum absolute atomic E-state index is 10.7. The van der Waals surface area contributed by atoms with Crippen molar-refractivity contribution in [1.82, 2.24) is 15.1 Å². The first-order valence-corrected chi connectivity index (χ1v) is 5.03. The van der Waals surface area contributed by atoms with Gasteiger partial charge in [-0.25, -0.2) is 4.79 Å². The van der Waals surface area contributed by atoms with Crippen molar-refractivity contribution in [2.75, 3.05) is 6.54 Å². The third kappa shape index (κ3) is 3.38. The highest BCUT2D eigenvalue weighted by atomic mass is 16.4. The number of aromatic nitrogens is 2. The molecular formula is C10H15N3O3. The Morgan fingerprint density at radius 2 is 2.19 bits per heavy atom. The van der Waals surface area contributed by atoms with E-state index in [0.29, 0.717) is 19.5 Å². The minimum Gasteiger partial charge on any atom is -0.474 e. The van der Waals surface area contributed by atoms with Gasteiger partial charge in [0.2, 0.25) is 0 Å².